The highest BCUT2D eigenvalue weighted by molar-refractivity contribution is 5.98. The SMILES string of the molecule is C#CC1=CN2C(=NCC2c2cccc(NC3CCNC3)n2)C=C1OC. The van der Waals surface area contributed by atoms with Gasteiger partial charge in [0.15, 0.2) is 0 Å². The van der Waals surface area contributed by atoms with E-state index in [-0.39, 0.29) is 6.04 Å². The van der Waals surface area contributed by atoms with Gasteiger partial charge in [-0.1, -0.05) is 12.0 Å². The fraction of sp³-hybridized carbons (Fsp3) is 0.368. The van der Waals surface area contributed by atoms with Crippen molar-refractivity contribution in [3.63, 3.8) is 0 Å². The molecule has 25 heavy (non-hydrogen) atoms. The molecule has 0 amide bonds. The van der Waals surface area contributed by atoms with Crippen molar-refractivity contribution in [2.45, 2.75) is 18.5 Å². The van der Waals surface area contributed by atoms with E-state index in [9.17, 15) is 0 Å². The Kier molecular flexibility index (Phi) is 4.16. The molecule has 0 spiro atoms. The Morgan fingerprint density at radius 2 is 2.36 bits per heavy atom. The molecule has 0 radical (unpaired) electrons. The third-order valence-corrected chi connectivity index (χ3v) is 4.72. The zero-order chi connectivity index (χ0) is 17.2. The molecular formula is C19H21N5O. The molecule has 128 valence electrons. The average Bonchev–Trinajstić information content (AvgIpc) is 3.29. The summed E-state index contributed by atoms with van der Waals surface area (Å²) < 4.78 is 5.35. The first-order valence-corrected chi connectivity index (χ1v) is 8.50. The number of fused-ring (bicyclic) bond motifs is 1. The molecule has 2 N–H and O–H groups in total. The average molecular weight is 335 g/mol. The van der Waals surface area contributed by atoms with Gasteiger partial charge in [-0.15, -0.1) is 6.42 Å². The monoisotopic (exact) mass is 335 g/mol. The number of aliphatic imine (C=N–C) groups is 1. The number of ether oxygens (including phenoxy) is 1. The number of allylic oxidation sites excluding steroid dienone is 1. The van der Waals surface area contributed by atoms with Crippen molar-refractivity contribution in [1.82, 2.24) is 15.2 Å². The molecule has 4 heterocycles. The summed E-state index contributed by atoms with van der Waals surface area (Å²) in [5.74, 6) is 5.13. The molecule has 2 atom stereocenters. The molecular weight excluding hydrogens is 314 g/mol. The van der Waals surface area contributed by atoms with Crippen molar-refractivity contribution < 1.29 is 4.74 Å². The summed E-state index contributed by atoms with van der Waals surface area (Å²) in [7, 11) is 1.62. The van der Waals surface area contributed by atoms with Crippen LogP contribution in [0.25, 0.3) is 0 Å². The summed E-state index contributed by atoms with van der Waals surface area (Å²) in [5.41, 5.74) is 1.70. The first-order chi connectivity index (χ1) is 12.3. The van der Waals surface area contributed by atoms with Gasteiger partial charge in [-0.05, 0) is 25.1 Å². The van der Waals surface area contributed by atoms with Crippen LogP contribution in [0.15, 0.2) is 46.8 Å². The number of pyridine rings is 1. The third-order valence-electron chi connectivity index (χ3n) is 4.72. The Morgan fingerprint density at radius 1 is 1.44 bits per heavy atom. The van der Waals surface area contributed by atoms with Crippen molar-refractivity contribution in [2.75, 3.05) is 32.1 Å². The molecule has 6 nitrogen and oxygen atoms in total. The normalized spacial score (nSPS) is 24.8. The van der Waals surface area contributed by atoms with Gasteiger partial charge in [-0.3, -0.25) is 4.99 Å². The van der Waals surface area contributed by atoms with Gasteiger partial charge in [0.05, 0.1) is 31.0 Å². The Bertz CT molecular complexity index is 798. The maximum Gasteiger partial charge on any atom is 0.139 e. The van der Waals surface area contributed by atoms with Gasteiger partial charge in [-0.25, -0.2) is 4.98 Å². The number of anilines is 1. The Labute approximate surface area is 147 Å². The van der Waals surface area contributed by atoms with Gasteiger partial charge < -0.3 is 20.3 Å². The second-order valence-corrected chi connectivity index (χ2v) is 6.30. The topological polar surface area (TPSA) is 61.8 Å². The second-order valence-electron chi connectivity index (χ2n) is 6.30. The van der Waals surface area contributed by atoms with Crippen LogP contribution in [-0.2, 0) is 4.74 Å². The number of aromatic nitrogens is 1. The minimum atomic E-state index is 0.0523. The number of terminal acetylenes is 1. The molecule has 0 bridgehead atoms. The van der Waals surface area contributed by atoms with Gasteiger partial charge >= 0.3 is 0 Å². The molecule has 4 rings (SSSR count). The lowest BCUT2D eigenvalue weighted by Gasteiger charge is -2.27. The van der Waals surface area contributed by atoms with E-state index in [0.29, 0.717) is 18.3 Å². The smallest absolute Gasteiger partial charge is 0.139 e. The first-order valence-electron chi connectivity index (χ1n) is 8.50. The Morgan fingerprint density at radius 3 is 3.12 bits per heavy atom. The van der Waals surface area contributed by atoms with E-state index in [2.05, 4.69) is 26.4 Å². The summed E-state index contributed by atoms with van der Waals surface area (Å²) in [4.78, 5) is 11.5. The lowest BCUT2D eigenvalue weighted by Crippen LogP contribution is -2.29. The zero-order valence-electron chi connectivity index (χ0n) is 14.2. The van der Waals surface area contributed by atoms with Gasteiger partial charge in [-0.2, -0.15) is 0 Å². The van der Waals surface area contributed by atoms with Crippen molar-refractivity contribution >= 4 is 11.7 Å². The van der Waals surface area contributed by atoms with E-state index in [1.54, 1.807) is 7.11 Å². The van der Waals surface area contributed by atoms with Crippen molar-refractivity contribution in [3.8, 4) is 12.3 Å². The van der Waals surface area contributed by atoms with E-state index >= 15 is 0 Å². The molecule has 1 aromatic heterocycles. The van der Waals surface area contributed by atoms with Crippen LogP contribution in [0.2, 0.25) is 0 Å². The van der Waals surface area contributed by atoms with Gasteiger partial charge in [0.1, 0.15) is 17.4 Å². The number of hydrogen-bond donors (Lipinski definition) is 2. The van der Waals surface area contributed by atoms with Crippen LogP contribution in [0.1, 0.15) is 18.2 Å². The minimum Gasteiger partial charge on any atom is -0.495 e. The third kappa shape index (κ3) is 2.99. The zero-order valence-corrected chi connectivity index (χ0v) is 14.2. The van der Waals surface area contributed by atoms with Crippen molar-refractivity contribution in [2.24, 2.45) is 4.99 Å². The van der Waals surface area contributed by atoms with E-state index < -0.39 is 0 Å². The Balaban J connectivity index is 1.56. The van der Waals surface area contributed by atoms with Crippen molar-refractivity contribution in [1.29, 1.82) is 0 Å². The Hall–Kier alpha value is -2.78. The fourth-order valence-corrected chi connectivity index (χ4v) is 3.40. The molecule has 0 aliphatic carbocycles. The predicted octanol–water partition coefficient (Wildman–Crippen LogP) is 1.67. The number of nitrogens with zero attached hydrogens (tertiary/aromatic N) is 3. The van der Waals surface area contributed by atoms with E-state index in [1.165, 1.54) is 0 Å². The lowest BCUT2D eigenvalue weighted by atomic mass is 10.1. The highest BCUT2D eigenvalue weighted by Gasteiger charge is 2.31. The highest BCUT2D eigenvalue weighted by Crippen LogP contribution is 2.32. The largest absolute Gasteiger partial charge is 0.495 e. The minimum absolute atomic E-state index is 0.0523. The summed E-state index contributed by atoms with van der Waals surface area (Å²) in [6.45, 7) is 2.69. The predicted molar refractivity (Wildman–Crippen MR) is 98.0 cm³/mol. The fourth-order valence-electron chi connectivity index (χ4n) is 3.40. The maximum absolute atomic E-state index is 5.61. The summed E-state index contributed by atoms with van der Waals surface area (Å²) in [6.07, 6.45) is 10.6. The van der Waals surface area contributed by atoms with Gasteiger partial charge in [0, 0.05) is 24.9 Å². The number of hydrogen-bond acceptors (Lipinski definition) is 6. The van der Waals surface area contributed by atoms with E-state index in [0.717, 1.165) is 42.4 Å². The quantitative estimate of drug-likeness (QED) is 0.820. The molecule has 0 aromatic carbocycles. The molecule has 0 saturated carbocycles. The molecule has 1 fully saturated rings. The van der Waals surface area contributed by atoms with Crippen LogP contribution < -0.4 is 10.6 Å². The summed E-state index contributed by atoms with van der Waals surface area (Å²) in [5, 5.41) is 6.86. The van der Waals surface area contributed by atoms with Gasteiger partial charge in [0.25, 0.3) is 0 Å². The lowest BCUT2D eigenvalue weighted by molar-refractivity contribution is 0.299. The number of amidine groups is 1. The summed E-state index contributed by atoms with van der Waals surface area (Å²) in [6, 6.07) is 6.59. The standard InChI is InChI=1S/C19H21N5O/c1-3-13-12-24-16(11-21-19(24)9-17(13)25-2)15-5-4-6-18(23-15)22-14-7-8-20-10-14/h1,4-6,9,12,14,16,20H,7-8,10-11H2,2H3,(H,22,23). The molecule has 1 aromatic rings. The second kappa shape index (κ2) is 6.61. The number of nitrogens with one attached hydrogen (secondary N) is 2. The highest BCUT2D eigenvalue weighted by atomic mass is 16.5. The first kappa shape index (κ1) is 15.7. The van der Waals surface area contributed by atoms with Crippen LogP contribution in [0, 0.1) is 12.3 Å². The molecule has 2 unspecified atom stereocenters. The molecule has 3 aliphatic heterocycles. The van der Waals surface area contributed by atoms with Crippen LogP contribution >= 0.6 is 0 Å². The number of methoxy groups -OCH3 is 1. The molecule has 6 heteroatoms. The van der Waals surface area contributed by atoms with Gasteiger partial charge in [0.2, 0.25) is 0 Å². The molecule has 3 aliphatic rings. The van der Waals surface area contributed by atoms with E-state index in [4.69, 9.17) is 16.1 Å². The van der Waals surface area contributed by atoms with Crippen LogP contribution in [0.5, 0.6) is 0 Å². The van der Waals surface area contributed by atoms with Crippen LogP contribution in [0.3, 0.4) is 0 Å². The summed E-state index contributed by atoms with van der Waals surface area (Å²) >= 11 is 0. The molecule has 1 saturated heterocycles. The maximum atomic E-state index is 5.61. The van der Waals surface area contributed by atoms with E-state index in [1.807, 2.05) is 30.5 Å². The van der Waals surface area contributed by atoms with Crippen LogP contribution in [0.4, 0.5) is 5.82 Å². The van der Waals surface area contributed by atoms with Crippen molar-refractivity contribution in [3.05, 3.63) is 47.5 Å². The number of rotatable bonds is 4. The van der Waals surface area contributed by atoms with Crippen LogP contribution in [-0.4, -0.2) is 48.5 Å².